The van der Waals surface area contributed by atoms with Crippen molar-refractivity contribution < 1.29 is 14.3 Å². The van der Waals surface area contributed by atoms with E-state index in [1.165, 1.54) is 18.2 Å². The maximum atomic E-state index is 14.1. The fraction of sp³-hybridized carbons (Fsp3) is 0.300. The van der Waals surface area contributed by atoms with Crippen LogP contribution in [-0.4, -0.2) is 30.9 Å². The Morgan fingerprint density at radius 2 is 2.00 bits per heavy atom. The van der Waals surface area contributed by atoms with E-state index in [9.17, 15) is 9.18 Å². The number of hydrogen-bond donors (Lipinski definition) is 3. The number of carboxylic acid groups (broad SMARTS) is 1. The van der Waals surface area contributed by atoms with Crippen LogP contribution in [0.4, 0.5) is 26.5 Å². The van der Waals surface area contributed by atoms with E-state index < -0.39 is 6.09 Å². The zero-order chi connectivity index (χ0) is 21.0. The zero-order valence-electron chi connectivity index (χ0n) is 16.5. The number of benzene rings is 1. The van der Waals surface area contributed by atoms with Crippen LogP contribution >= 0.6 is 0 Å². The van der Waals surface area contributed by atoms with E-state index in [2.05, 4.69) is 25.7 Å². The van der Waals surface area contributed by atoms with Crippen LogP contribution in [0.5, 0.6) is 0 Å². The second-order valence-electron chi connectivity index (χ2n) is 7.56. The third-order valence-electron chi connectivity index (χ3n) is 4.16. The molecule has 1 aromatic carbocycles. The molecule has 0 atom stereocenters. The van der Waals surface area contributed by atoms with Crippen molar-refractivity contribution in [2.45, 2.75) is 39.2 Å². The van der Waals surface area contributed by atoms with Crippen molar-refractivity contribution >= 4 is 23.4 Å². The van der Waals surface area contributed by atoms with Gasteiger partial charge in [0.15, 0.2) is 0 Å². The molecule has 0 saturated carbocycles. The molecule has 8 nitrogen and oxygen atoms in total. The normalized spacial score (nSPS) is 11.3. The number of nitrogens with one attached hydrogen (secondary N) is 2. The molecular weight excluding hydrogens is 375 g/mol. The van der Waals surface area contributed by atoms with Gasteiger partial charge in [0.05, 0.1) is 17.4 Å². The third-order valence-corrected chi connectivity index (χ3v) is 4.16. The predicted molar refractivity (Wildman–Crippen MR) is 108 cm³/mol. The lowest BCUT2D eigenvalue weighted by Gasteiger charge is -2.22. The Labute approximate surface area is 167 Å². The van der Waals surface area contributed by atoms with Gasteiger partial charge in [0.2, 0.25) is 0 Å². The van der Waals surface area contributed by atoms with Crippen LogP contribution in [0.25, 0.3) is 0 Å². The molecule has 9 heteroatoms. The van der Waals surface area contributed by atoms with Gasteiger partial charge in [0, 0.05) is 24.1 Å². The van der Waals surface area contributed by atoms with Crippen LogP contribution in [0, 0.1) is 5.82 Å². The van der Waals surface area contributed by atoms with Gasteiger partial charge in [-0.1, -0.05) is 0 Å². The highest BCUT2D eigenvalue weighted by Crippen LogP contribution is 2.25. The van der Waals surface area contributed by atoms with Crippen LogP contribution in [0.2, 0.25) is 0 Å². The minimum absolute atomic E-state index is 0.278. The number of carbonyl (C=O) groups is 1. The monoisotopic (exact) mass is 398 g/mol. The molecule has 0 fully saturated rings. The summed E-state index contributed by atoms with van der Waals surface area (Å²) in [6.07, 6.45) is 4.50. The summed E-state index contributed by atoms with van der Waals surface area (Å²) in [5.41, 5.74) is 1.26. The van der Waals surface area contributed by atoms with Crippen molar-refractivity contribution in [3.05, 3.63) is 59.9 Å². The first-order valence-corrected chi connectivity index (χ1v) is 9.13. The molecule has 2 aromatic heterocycles. The summed E-state index contributed by atoms with van der Waals surface area (Å²) < 4.78 is 16.0. The Morgan fingerprint density at radius 3 is 2.66 bits per heavy atom. The summed E-state index contributed by atoms with van der Waals surface area (Å²) in [7, 11) is 0. The molecule has 3 rings (SSSR count). The number of halogens is 1. The summed E-state index contributed by atoms with van der Waals surface area (Å²) >= 11 is 0. The largest absolute Gasteiger partial charge is 0.465 e. The number of amides is 1. The molecule has 0 unspecified atom stereocenters. The summed E-state index contributed by atoms with van der Waals surface area (Å²) in [5, 5.41) is 19.0. The van der Waals surface area contributed by atoms with Gasteiger partial charge >= 0.3 is 6.09 Å². The smallest absolute Gasteiger partial charge is 0.409 e. The summed E-state index contributed by atoms with van der Waals surface area (Å²) in [4.78, 5) is 19.1. The van der Waals surface area contributed by atoms with E-state index in [0.717, 1.165) is 11.5 Å². The van der Waals surface area contributed by atoms with E-state index in [1.807, 2.05) is 31.5 Å². The van der Waals surface area contributed by atoms with Gasteiger partial charge in [0.25, 0.3) is 0 Å². The predicted octanol–water partition coefficient (Wildman–Crippen LogP) is 4.19. The quantitative estimate of drug-likeness (QED) is 0.575. The Kier molecular flexibility index (Phi) is 5.76. The second kappa shape index (κ2) is 8.26. The van der Waals surface area contributed by atoms with Gasteiger partial charge in [-0.05, 0) is 57.4 Å². The number of nitrogens with zero attached hydrogens (tertiary/aromatic N) is 4. The van der Waals surface area contributed by atoms with Crippen LogP contribution < -0.4 is 10.6 Å². The van der Waals surface area contributed by atoms with E-state index in [-0.39, 0.29) is 11.4 Å². The number of aryl methyl sites for hydroxylation is 2. The minimum Gasteiger partial charge on any atom is -0.465 e. The molecule has 0 aliphatic heterocycles. The van der Waals surface area contributed by atoms with Crippen molar-refractivity contribution in [2.75, 3.05) is 10.6 Å². The number of anilines is 3. The molecule has 0 saturated heterocycles. The summed E-state index contributed by atoms with van der Waals surface area (Å²) in [6.45, 7) is 6.10. The maximum Gasteiger partial charge on any atom is 0.409 e. The van der Waals surface area contributed by atoms with Crippen LogP contribution in [-0.2, 0) is 18.4 Å². The van der Waals surface area contributed by atoms with Crippen molar-refractivity contribution in [3.63, 3.8) is 0 Å². The van der Waals surface area contributed by atoms with Crippen molar-refractivity contribution in [3.8, 4) is 0 Å². The lowest BCUT2D eigenvalue weighted by molar-refractivity contribution is 0.209. The van der Waals surface area contributed by atoms with Gasteiger partial charge in [-0.25, -0.2) is 18.9 Å². The van der Waals surface area contributed by atoms with Gasteiger partial charge in [0.1, 0.15) is 17.5 Å². The average molecular weight is 398 g/mol. The van der Waals surface area contributed by atoms with Crippen LogP contribution in [0.3, 0.4) is 0 Å². The number of rotatable bonds is 6. The molecule has 3 N–H and O–H groups in total. The summed E-state index contributed by atoms with van der Waals surface area (Å²) in [5.74, 6) is 0.979. The van der Waals surface area contributed by atoms with E-state index in [0.29, 0.717) is 29.9 Å². The first-order valence-electron chi connectivity index (χ1n) is 9.13. The average Bonchev–Trinajstić information content (AvgIpc) is 3.06. The molecule has 152 valence electrons. The fourth-order valence-electron chi connectivity index (χ4n) is 2.88. The Balaban J connectivity index is 1.80. The molecule has 3 aromatic rings. The van der Waals surface area contributed by atoms with Crippen LogP contribution in [0.1, 0.15) is 32.0 Å². The van der Waals surface area contributed by atoms with Crippen LogP contribution in [0.15, 0.2) is 42.9 Å². The van der Waals surface area contributed by atoms with Gasteiger partial charge in [-0.3, -0.25) is 10.3 Å². The third kappa shape index (κ3) is 5.28. The number of aromatic nitrogens is 4. The molecule has 0 aliphatic rings. The first kappa shape index (κ1) is 20.2. The van der Waals surface area contributed by atoms with E-state index in [4.69, 9.17) is 5.11 Å². The highest BCUT2D eigenvalue weighted by Gasteiger charge is 2.20. The van der Waals surface area contributed by atoms with Gasteiger partial charge in [-0.2, -0.15) is 5.10 Å². The maximum absolute atomic E-state index is 14.1. The van der Waals surface area contributed by atoms with E-state index in [1.54, 1.807) is 18.6 Å². The molecule has 0 bridgehead atoms. The highest BCUT2D eigenvalue weighted by molar-refractivity contribution is 5.82. The molecular formula is C20H23FN6O2. The lowest BCUT2D eigenvalue weighted by Crippen LogP contribution is -2.24. The fourth-order valence-corrected chi connectivity index (χ4v) is 2.88. The van der Waals surface area contributed by atoms with E-state index >= 15 is 0 Å². The molecule has 1 amide bonds. The van der Waals surface area contributed by atoms with Crippen molar-refractivity contribution in [1.29, 1.82) is 0 Å². The molecule has 0 aliphatic carbocycles. The Hall–Kier alpha value is -3.49. The van der Waals surface area contributed by atoms with Gasteiger partial charge < -0.3 is 10.4 Å². The zero-order valence-corrected chi connectivity index (χ0v) is 16.5. The summed E-state index contributed by atoms with van der Waals surface area (Å²) in [6, 6.07) is 6.06. The Morgan fingerprint density at radius 1 is 1.21 bits per heavy atom. The van der Waals surface area contributed by atoms with Crippen molar-refractivity contribution in [1.82, 2.24) is 19.7 Å². The minimum atomic E-state index is -1.19. The highest BCUT2D eigenvalue weighted by atomic mass is 19.1. The molecule has 29 heavy (non-hydrogen) atoms. The number of hydrogen-bond acceptors (Lipinski definition) is 5. The van der Waals surface area contributed by atoms with Gasteiger partial charge in [-0.15, -0.1) is 0 Å². The molecule has 2 heterocycles. The topological polar surface area (TPSA) is 105 Å². The first-order chi connectivity index (χ1) is 13.7. The molecule has 0 spiro atoms. The lowest BCUT2D eigenvalue weighted by atomic mass is 10.1. The standard InChI is InChI=1S/C20H23FN6O2/c1-20(2,3)27-18(25-17-12-22-8-9-23-17)11-15(26-27)5-4-13-10-14(24-19(28)29)6-7-16(13)21/h6-12,24H,4-5H2,1-3H3,(H,23,25)(H,28,29). The second-order valence-corrected chi connectivity index (χ2v) is 7.56. The Bertz CT molecular complexity index is 998. The molecule has 0 radical (unpaired) electrons. The SMILES string of the molecule is CC(C)(C)n1nc(CCc2cc(NC(=O)O)ccc2F)cc1Nc1cnccn1. The van der Waals surface area contributed by atoms with Crippen molar-refractivity contribution in [2.24, 2.45) is 0 Å².